The molecule has 8 heteroatoms. The van der Waals surface area contributed by atoms with E-state index in [2.05, 4.69) is 9.88 Å². The third-order valence-corrected chi connectivity index (χ3v) is 5.40. The van der Waals surface area contributed by atoms with Crippen LogP contribution >= 0.6 is 0 Å². The zero-order valence-corrected chi connectivity index (χ0v) is 15.6. The summed E-state index contributed by atoms with van der Waals surface area (Å²) in [7, 11) is -0.921. The highest BCUT2D eigenvalue weighted by molar-refractivity contribution is 7.92. The molecule has 1 N–H and O–H groups in total. The van der Waals surface area contributed by atoms with Crippen molar-refractivity contribution >= 4 is 26.8 Å². The highest BCUT2D eigenvalue weighted by Gasteiger charge is 2.24. The molecular weight excluding hydrogens is 356 g/mol. The van der Waals surface area contributed by atoms with Crippen molar-refractivity contribution in [1.82, 2.24) is 5.16 Å². The molecule has 0 aliphatic heterocycles. The van der Waals surface area contributed by atoms with Crippen LogP contribution in [0.4, 0.5) is 5.82 Å². The number of fused-ring (bicyclic) bond motifs is 1. The molecule has 3 rings (SSSR count). The van der Waals surface area contributed by atoms with Crippen LogP contribution in [0.3, 0.4) is 0 Å². The fourth-order valence-corrected chi connectivity index (χ4v) is 3.97. The number of aryl methyl sites for hydroxylation is 1. The zero-order valence-electron chi connectivity index (χ0n) is 14.8. The molecule has 1 aromatic heterocycles. The van der Waals surface area contributed by atoms with E-state index in [9.17, 15) is 8.42 Å². The third-order valence-electron chi connectivity index (χ3n) is 4.04. The monoisotopic (exact) mass is 376 g/mol. The van der Waals surface area contributed by atoms with E-state index in [-0.39, 0.29) is 16.5 Å². The van der Waals surface area contributed by atoms with Crippen LogP contribution in [0.2, 0.25) is 0 Å². The summed E-state index contributed by atoms with van der Waals surface area (Å²) in [6.45, 7) is 2.26. The molecule has 0 saturated carbocycles. The number of aromatic nitrogens is 1. The maximum Gasteiger partial charge on any atom is 0.266 e. The van der Waals surface area contributed by atoms with Crippen LogP contribution in [-0.2, 0) is 27.8 Å². The molecule has 0 atom stereocenters. The van der Waals surface area contributed by atoms with Crippen molar-refractivity contribution in [1.29, 1.82) is 0 Å². The molecule has 2 aromatic carbocycles. The van der Waals surface area contributed by atoms with Crippen molar-refractivity contribution in [3.8, 4) is 5.75 Å². The van der Waals surface area contributed by atoms with Crippen molar-refractivity contribution in [2.75, 3.05) is 18.9 Å². The van der Waals surface area contributed by atoms with E-state index >= 15 is 0 Å². The minimum atomic E-state index is -3.92. The Balaban J connectivity index is 2.07. The minimum Gasteiger partial charge on any atom is -0.495 e. The van der Waals surface area contributed by atoms with Crippen molar-refractivity contribution in [2.45, 2.75) is 24.8 Å². The number of anilines is 1. The summed E-state index contributed by atoms with van der Waals surface area (Å²) in [5.41, 5.74) is 2.14. The number of ether oxygens (including phenoxy) is 2. The lowest BCUT2D eigenvalue weighted by atomic mass is 10.1. The first-order valence-corrected chi connectivity index (χ1v) is 9.54. The number of hydrogen-bond acceptors (Lipinski definition) is 6. The molecule has 3 aromatic rings. The number of rotatable bonds is 7. The number of nitrogens with zero attached hydrogens (tertiary/aromatic N) is 1. The number of sulfonamides is 1. The topological polar surface area (TPSA) is 90.7 Å². The molecule has 0 saturated heterocycles. The molecule has 0 aliphatic rings. The van der Waals surface area contributed by atoms with E-state index in [1.807, 2.05) is 19.1 Å². The van der Waals surface area contributed by atoms with Crippen LogP contribution in [0.1, 0.15) is 18.1 Å². The van der Waals surface area contributed by atoms with Crippen molar-refractivity contribution in [2.24, 2.45) is 0 Å². The first-order chi connectivity index (χ1) is 12.5. The molecule has 7 nitrogen and oxygen atoms in total. The Bertz CT molecular complexity index is 1030. The minimum absolute atomic E-state index is 0.0553. The smallest absolute Gasteiger partial charge is 0.266 e. The van der Waals surface area contributed by atoms with Gasteiger partial charge in [0.25, 0.3) is 10.0 Å². The standard InChI is InChI=1S/C18H20N2O5S/c1-4-12-8-9-14(24-3)16(10-12)26(21,22)20-18-17-13(11-23-2)6-5-7-15(17)25-19-18/h5-10H,4,11H2,1-3H3,(H,19,20). The second-order valence-corrected chi connectivity index (χ2v) is 7.35. The summed E-state index contributed by atoms with van der Waals surface area (Å²) >= 11 is 0. The third kappa shape index (κ3) is 3.38. The molecule has 0 radical (unpaired) electrons. The van der Waals surface area contributed by atoms with Gasteiger partial charge < -0.3 is 14.0 Å². The van der Waals surface area contributed by atoms with Crippen LogP contribution in [-0.4, -0.2) is 27.8 Å². The van der Waals surface area contributed by atoms with Crippen LogP contribution in [0.5, 0.6) is 5.75 Å². The Morgan fingerprint density at radius 3 is 2.69 bits per heavy atom. The van der Waals surface area contributed by atoms with Crippen LogP contribution in [0.25, 0.3) is 11.0 Å². The Hall–Kier alpha value is -2.58. The molecule has 26 heavy (non-hydrogen) atoms. The average Bonchev–Trinajstić information content (AvgIpc) is 3.04. The second kappa shape index (κ2) is 7.35. The predicted octanol–water partition coefficient (Wildman–Crippen LogP) is 3.35. The van der Waals surface area contributed by atoms with Gasteiger partial charge >= 0.3 is 0 Å². The lowest BCUT2D eigenvalue weighted by molar-refractivity contribution is 0.186. The molecule has 0 unspecified atom stereocenters. The quantitative estimate of drug-likeness (QED) is 0.680. The molecule has 0 spiro atoms. The van der Waals surface area contributed by atoms with Gasteiger partial charge in [0, 0.05) is 7.11 Å². The summed E-state index contributed by atoms with van der Waals surface area (Å²) in [4.78, 5) is 0.0553. The first kappa shape index (κ1) is 18.2. The van der Waals surface area contributed by atoms with Crippen molar-refractivity contribution in [3.05, 3.63) is 47.5 Å². The summed E-state index contributed by atoms with van der Waals surface area (Å²) < 4.78 is 44.1. The highest BCUT2D eigenvalue weighted by Crippen LogP contribution is 2.31. The zero-order chi connectivity index (χ0) is 18.7. The van der Waals surface area contributed by atoms with E-state index in [1.165, 1.54) is 7.11 Å². The van der Waals surface area contributed by atoms with E-state index in [0.29, 0.717) is 24.0 Å². The molecule has 0 aliphatic carbocycles. The second-order valence-electron chi connectivity index (χ2n) is 5.70. The SMILES string of the molecule is CCc1ccc(OC)c(S(=O)(=O)Nc2noc3cccc(COC)c23)c1. The fourth-order valence-electron chi connectivity index (χ4n) is 2.74. The first-order valence-electron chi connectivity index (χ1n) is 8.06. The van der Waals surface area contributed by atoms with Gasteiger partial charge in [-0.1, -0.05) is 30.3 Å². The Kier molecular flexibility index (Phi) is 5.15. The molecule has 0 amide bonds. The van der Waals surface area contributed by atoms with Crippen LogP contribution in [0.15, 0.2) is 45.8 Å². The van der Waals surface area contributed by atoms with E-state index in [4.69, 9.17) is 14.0 Å². The van der Waals surface area contributed by atoms with Gasteiger partial charge in [-0.25, -0.2) is 8.42 Å². The van der Waals surface area contributed by atoms with Gasteiger partial charge in [0.05, 0.1) is 19.1 Å². The number of nitrogens with one attached hydrogen (secondary N) is 1. The average molecular weight is 376 g/mol. The van der Waals surface area contributed by atoms with Gasteiger partial charge in [0.15, 0.2) is 11.4 Å². The highest BCUT2D eigenvalue weighted by atomic mass is 32.2. The predicted molar refractivity (Wildman–Crippen MR) is 97.9 cm³/mol. The maximum absolute atomic E-state index is 13.0. The molecule has 0 bridgehead atoms. The lowest BCUT2D eigenvalue weighted by Crippen LogP contribution is -2.15. The van der Waals surface area contributed by atoms with Crippen molar-refractivity contribution in [3.63, 3.8) is 0 Å². The molecule has 1 heterocycles. The van der Waals surface area contributed by atoms with Gasteiger partial charge in [0.1, 0.15) is 10.6 Å². The van der Waals surface area contributed by atoms with Gasteiger partial charge in [-0.15, -0.1) is 0 Å². The van der Waals surface area contributed by atoms with E-state index in [1.54, 1.807) is 31.4 Å². The van der Waals surface area contributed by atoms with Crippen LogP contribution in [0, 0.1) is 0 Å². The van der Waals surface area contributed by atoms with E-state index < -0.39 is 10.0 Å². The Morgan fingerprint density at radius 2 is 2.00 bits per heavy atom. The Labute approximate surface area is 151 Å². The van der Waals surface area contributed by atoms with Crippen molar-refractivity contribution < 1.29 is 22.4 Å². The molecule has 138 valence electrons. The number of hydrogen-bond donors (Lipinski definition) is 1. The summed E-state index contributed by atoms with van der Waals surface area (Å²) in [5, 5.41) is 4.46. The molecular formula is C18H20N2O5S. The lowest BCUT2D eigenvalue weighted by Gasteiger charge is -2.12. The summed E-state index contributed by atoms with van der Waals surface area (Å²) in [5.74, 6) is 0.385. The Morgan fingerprint density at radius 1 is 1.19 bits per heavy atom. The summed E-state index contributed by atoms with van der Waals surface area (Å²) in [6, 6.07) is 10.4. The normalized spacial score (nSPS) is 11.7. The van der Waals surface area contributed by atoms with Crippen LogP contribution < -0.4 is 9.46 Å². The van der Waals surface area contributed by atoms with Gasteiger partial charge in [-0.2, -0.15) is 0 Å². The largest absolute Gasteiger partial charge is 0.495 e. The van der Waals surface area contributed by atoms with Gasteiger partial charge in [-0.3, -0.25) is 4.72 Å². The fraction of sp³-hybridized carbons (Fsp3) is 0.278. The van der Waals surface area contributed by atoms with Gasteiger partial charge in [0.2, 0.25) is 0 Å². The number of methoxy groups -OCH3 is 2. The number of benzene rings is 2. The van der Waals surface area contributed by atoms with E-state index in [0.717, 1.165) is 11.1 Å². The molecule has 0 fully saturated rings. The maximum atomic E-state index is 13.0. The summed E-state index contributed by atoms with van der Waals surface area (Å²) in [6.07, 6.45) is 0.706. The van der Waals surface area contributed by atoms with Gasteiger partial charge in [-0.05, 0) is 35.7 Å².